The van der Waals surface area contributed by atoms with Crippen LogP contribution in [0.5, 0.6) is 11.5 Å². The maximum absolute atomic E-state index is 11.3. The van der Waals surface area contributed by atoms with Crippen molar-refractivity contribution < 1.29 is 24.1 Å². The normalized spacial score (nSPS) is 18.3. The quantitative estimate of drug-likeness (QED) is 0.767. The number of nitrogens with zero attached hydrogens (tertiary/aromatic N) is 2. The third-order valence-corrected chi connectivity index (χ3v) is 5.31. The average Bonchev–Trinajstić information content (AvgIpc) is 3.21. The van der Waals surface area contributed by atoms with Crippen molar-refractivity contribution in [2.24, 2.45) is 5.73 Å². The number of nitrogens with two attached hydrogens (primary N) is 1. The van der Waals surface area contributed by atoms with Gasteiger partial charge in [0.2, 0.25) is 6.79 Å². The van der Waals surface area contributed by atoms with E-state index in [0.717, 1.165) is 35.8 Å². The highest BCUT2D eigenvalue weighted by molar-refractivity contribution is 5.65. The monoisotopic (exact) mass is 399 g/mol. The summed E-state index contributed by atoms with van der Waals surface area (Å²) in [5.41, 5.74) is 7.11. The number of aliphatic hydroxyl groups excluding tert-OH is 1. The molecule has 2 aliphatic rings. The van der Waals surface area contributed by atoms with Gasteiger partial charge in [-0.15, -0.1) is 0 Å². The summed E-state index contributed by atoms with van der Waals surface area (Å²) in [5.74, 6) is 1.53. The van der Waals surface area contributed by atoms with Crippen molar-refractivity contribution >= 4 is 11.8 Å². The maximum atomic E-state index is 11.3. The van der Waals surface area contributed by atoms with Crippen LogP contribution in [-0.4, -0.2) is 55.3 Å². The van der Waals surface area contributed by atoms with Gasteiger partial charge in [-0.1, -0.05) is 30.3 Å². The van der Waals surface area contributed by atoms with E-state index in [2.05, 4.69) is 4.90 Å². The largest absolute Gasteiger partial charge is 0.454 e. The van der Waals surface area contributed by atoms with Gasteiger partial charge in [-0.2, -0.15) is 0 Å². The highest BCUT2D eigenvalue weighted by atomic mass is 16.7. The van der Waals surface area contributed by atoms with Crippen LogP contribution in [0.4, 0.5) is 10.5 Å². The second kappa shape index (κ2) is 8.59. The highest BCUT2D eigenvalue weighted by Gasteiger charge is 2.27. The van der Waals surface area contributed by atoms with E-state index in [9.17, 15) is 9.90 Å². The number of ether oxygens (including phenoxy) is 3. The van der Waals surface area contributed by atoms with Gasteiger partial charge in [-0.05, 0) is 17.7 Å². The summed E-state index contributed by atoms with van der Waals surface area (Å²) in [4.78, 5) is 15.5. The number of hydrogen-bond acceptors (Lipinski definition) is 7. The van der Waals surface area contributed by atoms with Crippen molar-refractivity contribution in [3.8, 4) is 11.5 Å². The Kier molecular flexibility index (Phi) is 5.73. The first-order chi connectivity index (χ1) is 14.1. The molecule has 4 rings (SSSR count). The molecule has 1 saturated heterocycles. The van der Waals surface area contributed by atoms with E-state index in [1.807, 2.05) is 53.4 Å². The van der Waals surface area contributed by atoms with Gasteiger partial charge in [-0.3, -0.25) is 4.90 Å². The molecule has 2 unspecified atom stereocenters. The molecule has 2 aromatic carbocycles. The average molecular weight is 399 g/mol. The van der Waals surface area contributed by atoms with Crippen LogP contribution in [0.1, 0.15) is 18.1 Å². The fourth-order valence-corrected chi connectivity index (χ4v) is 3.76. The van der Waals surface area contributed by atoms with Crippen LogP contribution < -0.4 is 20.1 Å². The molecule has 29 heavy (non-hydrogen) atoms. The number of carbonyl (C=O) groups is 1. The third-order valence-electron chi connectivity index (χ3n) is 5.31. The molecular weight excluding hydrogens is 374 g/mol. The fourth-order valence-electron chi connectivity index (χ4n) is 3.76. The Morgan fingerprint density at radius 2 is 1.79 bits per heavy atom. The minimum atomic E-state index is -0.848. The Bertz CT molecular complexity index is 839. The minimum Gasteiger partial charge on any atom is -0.454 e. The van der Waals surface area contributed by atoms with Crippen molar-refractivity contribution in [3.05, 3.63) is 54.1 Å². The molecular formula is C21H25N3O5. The van der Waals surface area contributed by atoms with Crippen molar-refractivity contribution in [2.75, 3.05) is 37.9 Å². The summed E-state index contributed by atoms with van der Waals surface area (Å²) in [6.45, 7) is 3.17. The van der Waals surface area contributed by atoms with Gasteiger partial charge in [0.15, 0.2) is 11.5 Å². The number of aliphatic hydroxyl groups is 1. The zero-order chi connectivity index (χ0) is 20.2. The smallest absolute Gasteiger partial charge is 0.405 e. The molecule has 0 bridgehead atoms. The van der Waals surface area contributed by atoms with Gasteiger partial charge in [0.25, 0.3) is 0 Å². The summed E-state index contributed by atoms with van der Waals surface area (Å²) in [6, 6.07) is 15.3. The maximum Gasteiger partial charge on any atom is 0.405 e. The van der Waals surface area contributed by atoms with Crippen LogP contribution in [0.25, 0.3) is 0 Å². The second-order valence-corrected chi connectivity index (χ2v) is 7.11. The van der Waals surface area contributed by atoms with Gasteiger partial charge >= 0.3 is 6.09 Å². The number of anilines is 1. The summed E-state index contributed by atoms with van der Waals surface area (Å²) in [7, 11) is 0. The Hall–Kier alpha value is -2.97. The van der Waals surface area contributed by atoms with E-state index in [1.165, 1.54) is 0 Å². The first-order valence-electron chi connectivity index (χ1n) is 9.68. The number of rotatable bonds is 6. The van der Waals surface area contributed by atoms with Crippen LogP contribution in [0, 0.1) is 0 Å². The molecule has 0 radical (unpaired) electrons. The number of carbonyl (C=O) groups excluding carboxylic acids is 1. The molecule has 1 amide bonds. The molecule has 1 fully saturated rings. The number of piperazine rings is 1. The second-order valence-electron chi connectivity index (χ2n) is 7.11. The number of fused-ring (bicyclic) bond motifs is 1. The molecule has 2 atom stereocenters. The molecule has 8 nitrogen and oxygen atoms in total. The van der Waals surface area contributed by atoms with Crippen LogP contribution in [0.3, 0.4) is 0 Å². The van der Waals surface area contributed by atoms with Crippen LogP contribution in [-0.2, 0) is 4.74 Å². The van der Waals surface area contributed by atoms with E-state index in [1.54, 1.807) is 0 Å². The van der Waals surface area contributed by atoms with Crippen LogP contribution in [0.2, 0.25) is 0 Å². The van der Waals surface area contributed by atoms with Gasteiger partial charge in [0, 0.05) is 44.4 Å². The molecule has 2 heterocycles. The summed E-state index contributed by atoms with van der Waals surface area (Å²) >= 11 is 0. The Balaban J connectivity index is 1.35. The zero-order valence-corrected chi connectivity index (χ0v) is 16.1. The number of amides is 1. The molecule has 0 saturated carbocycles. The Morgan fingerprint density at radius 3 is 2.52 bits per heavy atom. The van der Waals surface area contributed by atoms with Gasteiger partial charge in [0.1, 0.15) is 12.3 Å². The van der Waals surface area contributed by atoms with Crippen LogP contribution in [0.15, 0.2) is 48.5 Å². The van der Waals surface area contributed by atoms with Gasteiger partial charge in [0.05, 0.1) is 0 Å². The van der Waals surface area contributed by atoms with Crippen molar-refractivity contribution in [3.63, 3.8) is 0 Å². The van der Waals surface area contributed by atoms with E-state index < -0.39 is 18.4 Å². The van der Waals surface area contributed by atoms with E-state index in [0.29, 0.717) is 13.1 Å². The van der Waals surface area contributed by atoms with Crippen molar-refractivity contribution in [2.45, 2.75) is 18.8 Å². The van der Waals surface area contributed by atoms with Crippen LogP contribution >= 0.6 is 0 Å². The Labute approximate surface area is 169 Å². The lowest BCUT2D eigenvalue weighted by Gasteiger charge is -2.39. The molecule has 0 spiro atoms. The molecule has 154 valence electrons. The first-order valence-corrected chi connectivity index (χ1v) is 9.68. The van der Waals surface area contributed by atoms with Crippen molar-refractivity contribution in [1.82, 2.24) is 4.90 Å². The molecule has 3 N–H and O–H groups in total. The third kappa shape index (κ3) is 4.55. The highest BCUT2D eigenvalue weighted by Crippen LogP contribution is 2.35. The summed E-state index contributed by atoms with van der Waals surface area (Å²) in [6.07, 6.45) is -1.91. The van der Waals surface area contributed by atoms with Gasteiger partial charge in [-0.25, -0.2) is 4.79 Å². The molecule has 0 aliphatic carbocycles. The predicted molar refractivity (Wildman–Crippen MR) is 107 cm³/mol. The van der Waals surface area contributed by atoms with Crippen molar-refractivity contribution in [1.29, 1.82) is 0 Å². The minimum absolute atomic E-state index is 0.259. The van der Waals surface area contributed by atoms with E-state index in [4.69, 9.17) is 19.9 Å². The summed E-state index contributed by atoms with van der Waals surface area (Å²) < 4.78 is 16.1. The predicted octanol–water partition coefficient (Wildman–Crippen LogP) is 2.08. The molecule has 0 aromatic heterocycles. The SMILES string of the molecule is NC(=O)OC(CC(O)N1CCN(c2ccc3c(c2)OCO3)CC1)c1ccccc1. The number of benzene rings is 2. The standard InChI is InChI=1S/C21H25N3O5/c22-21(26)29-18(15-4-2-1-3-5-15)13-20(25)24-10-8-23(9-11-24)16-6-7-17-19(12-16)28-14-27-17/h1-7,12,18,20,25H,8-11,13-14H2,(H2,22,26). The zero-order valence-electron chi connectivity index (χ0n) is 16.1. The Morgan fingerprint density at radius 1 is 1.07 bits per heavy atom. The molecule has 2 aliphatic heterocycles. The molecule has 8 heteroatoms. The lowest BCUT2D eigenvalue weighted by molar-refractivity contribution is -0.0364. The van der Waals surface area contributed by atoms with Gasteiger partial charge < -0.3 is 30.0 Å². The first kappa shape index (κ1) is 19.4. The lowest BCUT2D eigenvalue weighted by atomic mass is 10.0. The van der Waals surface area contributed by atoms with E-state index in [-0.39, 0.29) is 13.2 Å². The lowest BCUT2D eigenvalue weighted by Crippen LogP contribution is -2.50. The molecule has 2 aromatic rings. The topological polar surface area (TPSA) is 97.5 Å². The number of primary amides is 1. The fraction of sp³-hybridized carbons (Fsp3) is 0.381. The number of hydrogen-bond donors (Lipinski definition) is 2. The summed E-state index contributed by atoms with van der Waals surface area (Å²) in [5, 5.41) is 10.7. The van der Waals surface area contributed by atoms with E-state index >= 15 is 0 Å².